The first kappa shape index (κ1) is 18.9. The van der Waals surface area contributed by atoms with Crippen molar-refractivity contribution in [3.63, 3.8) is 0 Å². The van der Waals surface area contributed by atoms with Crippen LogP contribution in [0.1, 0.15) is 0 Å². The molecular weight excluding hydrogens is 214 g/mol. The van der Waals surface area contributed by atoms with Gasteiger partial charge in [0.05, 0.1) is 6.35 Å². The molecule has 0 fully saturated rings. The minimum atomic E-state index is -2.09. The lowest BCUT2D eigenvalue weighted by Crippen LogP contribution is -1.79. The molecule has 0 radical (unpaired) electrons. The highest BCUT2D eigenvalue weighted by molar-refractivity contribution is 7.62. The van der Waals surface area contributed by atoms with Crippen LogP contribution in [0.3, 0.4) is 0 Å². The molecule has 0 aliphatic heterocycles. The second-order valence-corrected chi connectivity index (χ2v) is 7.72. The summed E-state index contributed by atoms with van der Waals surface area (Å²) in [4.78, 5) is 0. The fraction of sp³-hybridized carbons (Fsp3) is 1.00. The van der Waals surface area contributed by atoms with Gasteiger partial charge in [0.15, 0.2) is 0 Å². The van der Waals surface area contributed by atoms with Gasteiger partial charge < -0.3 is 19.9 Å². The van der Waals surface area contributed by atoms with Crippen molar-refractivity contribution >= 4 is 14.9 Å². The molecule has 0 amide bonds. The molecule has 0 rings (SSSR count). The molecule has 0 bridgehead atoms. The van der Waals surface area contributed by atoms with Crippen LogP contribution >= 0.6 is 14.9 Å². The van der Waals surface area contributed by atoms with Crippen LogP contribution in [0.5, 0.6) is 0 Å². The van der Waals surface area contributed by atoms with E-state index in [-0.39, 0.29) is 6.35 Å². The number of hydrogen-bond acceptors (Lipinski definition) is 5. The zero-order valence-electron chi connectivity index (χ0n) is 8.47. The lowest BCUT2D eigenvalue weighted by Gasteiger charge is -1.95. The topological polar surface area (TPSA) is 94.8 Å². The third kappa shape index (κ3) is 124. The third-order valence-electron chi connectivity index (χ3n) is 0.341. The number of rotatable bonds is 1. The minimum Gasteiger partial charge on any atom is -0.389 e. The van der Waals surface area contributed by atoms with Crippen LogP contribution in [0, 0.1) is 0 Å². The van der Waals surface area contributed by atoms with E-state index in [0.717, 1.165) is 0 Å². The molecule has 0 aliphatic carbocycles. The summed E-state index contributed by atoms with van der Waals surface area (Å²) in [6.45, 7) is 5.70. The molecule has 0 saturated heterocycles. The Labute approximate surface area is 80.0 Å². The van der Waals surface area contributed by atoms with Crippen molar-refractivity contribution in [2.24, 2.45) is 0 Å². The standard InChI is InChI=1S/C3H9O2P.C2H6OP.CH4O2/c1-6(2,5)3-4;1-4(2)3;2-1-3/h4H,3H2,1-2H3;1-2H3;2-3H,1H2/q;+1;. The van der Waals surface area contributed by atoms with Gasteiger partial charge in [-0.25, -0.2) is 0 Å². The molecule has 5 nitrogen and oxygen atoms in total. The Balaban J connectivity index is -0.000000125. The summed E-state index contributed by atoms with van der Waals surface area (Å²) in [5.74, 6) is 0. The molecule has 7 heteroatoms. The average Bonchev–Trinajstić information content (AvgIpc) is 1.86. The van der Waals surface area contributed by atoms with E-state index in [0.29, 0.717) is 0 Å². The van der Waals surface area contributed by atoms with E-state index < -0.39 is 21.7 Å². The Kier molecular flexibility index (Phi) is 17.7. The van der Waals surface area contributed by atoms with Crippen molar-refractivity contribution in [3.05, 3.63) is 0 Å². The smallest absolute Gasteiger partial charge is 0.332 e. The van der Waals surface area contributed by atoms with Gasteiger partial charge in [0.25, 0.3) is 0 Å². The largest absolute Gasteiger partial charge is 0.389 e. The molecule has 0 aliphatic rings. The van der Waals surface area contributed by atoms with Gasteiger partial charge in [-0.3, -0.25) is 0 Å². The van der Waals surface area contributed by atoms with Gasteiger partial charge in [-0.1, -0.05) is 4.57 Å². The monoisotopic (exact) mass is 233 g/mol. The number of hydrogen-bond donors (Lipinski definition) is 3. The van der Waals surface area contributed by atoms with E-state index in [9.17, 15) is 9.13 Å². The van der Waals surface area contributed by atoms with Crippen molar-refractivity contribution < 1.29 is 24.4 Å². The molecule has 0 saturated carbocycles. The summed E-state index contributed by atoms with van der Waals surface area (Å²) >= 11 is 0. The zero-order valence-corrected chi connectivity index (χ0v) is 10.3. The maximum Gasteiger partial charge on any atom is 0.332 e. The van der Waals surface area contributed by atoms with E-state index in [1.807, 2.05) is 0 Å². The molecule has 0 unspecified atom stereocenters. The maximum atomic E-state index is 10.3. The van der Waals surface area contributed by atoms with Gasteiger partial charge in [0, 0.05) is 0 Å². The third-order valence-corrected chi connectivity index (χ3v) is 1.02. The molecule has 0 aromatic carbocycles. The van der Waals surface area contributed by atoms with Crippen LogP contribution in [-0.2, 0) is 9.13 Å². The molecule has 0 heterocycles. The number of aliphatic hydroxyl groups is 3. The van der Waals surface area contributed by atoms with E-state index in [4.69, 9.17) is 15.3 Å². The molecule has 0 spiro atoms. The quantitative estimate of drug-likeness (QED) is 0.454. The minimum absolute atomic E-state index is 0.174. The van der Waals surface area contributed by atoms with Crippen molar-refractivity contribution in [1.82, 2.24) is 0 Å². The first-order chi connectivity index (χ1) is 5.71. The Morgan fingerprint density at radius 1 is 1.15 bits per heavy atom. The normalized spacial score (nSPS) is 8.85. The maximum absolute atomic E-state index is 10.3. The Morgan fingerprint density at radius 2 is 1.23 bits per heavy atom. The van der Waals surface area contributed by atoms with Gasteiger partial charge in [-0.05, 0) is 13.3 Å². The van der Waals surface area contributed by atoms with Gasteiger partial charge in [0.1, 0.15) is 27.3 Å². The summed E-state index contributed by atoms with van der Waals surface area (Å²) in [5, 5.41) is 22.4. The summed E-state index contributed by atoms with van der Waals surface area (Å²) in [7, 11) is -2.96. The summed E-state index contributed by atoms with van der Waals surface area (Å²) in [6, 6.07) is 0. The fourth-order valence-electron chi connectivity index (χ4n) is 0. The van der Waals surface area contributed by atoms with E-state index in [2.05, 4.69) is 0 Å². The van der Waals surface area contributed by atoms with Crippen LogP contribution in [0.2, 0.25) is 0 Å². The second-order valence-electron chi connectivity index (χ2n) is 2.67. The Morgan fingerprint density at radius 3 is 1.23 bits per heavy atom. The van der Waals surface area contributed by atoms with Gasteiger partial charge in [0.2, 0.25) is 0 Å². The molecule has 13 heavy (non-hydrogen) atoms. The van der Waals surface area contributed by atoms with Gasteiger partial charge in [-0.15, -0.1) is 0 Å². The van der Waals surface area contributed by atoms with Crippen LogP contribution in [0.15, 0.2) is 0 Å². The van der Waals surface area contributed by atoms with Crippen molar-refractivity contribution in [2.75, 3.05) is 39.8 Å². The molecule has 0 atom stereocenters. The fourth-order valence-corrected chi connectivity index (χ4v) is 0. The highest BCUT2D eigenvalue weighted by Crippen LogP contribution is 2.33. The first-order valence-corrected chi connectivity index (χ1v) is 8.36. The van der Waals surface area contributed by atoms with Crippen molar-refractivity contribution in [1.29, 1.82) is 0 Å². The Bertz CT molecular complexity index is 149. The molecule has 82 valence electrons. The Hall–Kier alpha value is 0.210. The van der Waals surface area contributed by atoms with Crippen molar-refractivity contribution in [2.45, 2.75) is 0 Å². The molecule has 3 N–H and O–H groups in total. The van der Waals surface area contributed by atoms with Gasteiger partial charge >= 0.3 is 7.80 Å². The lowest BCUT2D eigenvalue weighted by molar-refractivity contribution is 0.0773. The van der Waals surface area contributed by atoms with E-state index in [1.54, 1.807) is 26.7 Å². The SMILES string of the molecule is CP(C)(=O)CO.C[P+](C)=O.OCO. The van der Waals surface area contributed by atoms with Gasteiger partial charge in [-0.2, -0.15) is 0 Å². The zero-order chi connectivity index (χ0) is 11.5. The molecular formula is C6H19O5P2+. The van der Waals surface area contributed by atoms with Crippen LogP contribution in [0.4, 0.5) is 0 Å². The summed E-state index contributed by atoms with van der Waals surface area (Å²) in [5.41, 5.74) is 0. The number of aliphatic hydroxyl groups excluding tert-OH is 2. The van der Waals surface area contributed by atoms with Crippen LogP contribution in [0.25, 0.3) is 0 Å². The van der Waals surface area contributed by atoms with Crippen molar-refractivity contribution in [3.8, 4) is 0 Å². The predicted molar refractivity (Wildman–Crippen MR) is 55.3 cm³/mol. The highest BCUT2D eigenvalue weighted by Gasteiger charge is 2.00. The molecule has 0 aromatic heterocycles. The first-order valence-electron chi connectivity index (χ1n) is 3.42. The van der Waals surface area contributed by atoms with Crippen LogP contribution < -0.4 is 0 Å². The van der Waals surface area contributed by atoms with Crippen LogP contribution in [-0.4, -0.2) is 55.1 Å². The average molecular weight is 233 g/mol. The second kappa shape index (κ2) is 12.2. The highest BCUT2D eigenvalue weighted by atomic mass is 31.2. The van der Waals surface area contributed by atoms with E-state index >= 15 is 0 Å². The lowest BCUT2D eigenvalue weighted by atomic mass is 11.6. The molecule has 0 aromatic rings. The summed E-state index contributed by atoms with van der Waals surface area (Å²) in [6.07, 6.45) is -0.174. The van der Waals surface area contributed by atoms with E-state index in [1.165, 1.54) is 0 Å². The predicted octanol–water partition coefficient (Wildman–Crippen LogP) is 0.561. The summed E-state index contributed by atoms with van der Waals surface area (Å²) < 4.78 is 19.9.